The maximum Gasteiger partial charge on any atom is 0.126 e. The van der Waals surface area contributed by atoms with Gasteiger partial charge in [0.25, 0.3) is 0 Å². The lowest BCUT2D eigenvalue weighted by atomic mass is 10.1. The van der Waals surface area contributed by atoms with E-state index in [0.717, 1.165) is 34.0 Å². The third kappa shape index (κ3) is 4.46. The van der Waals surface area contributed by atoms with E-state index < -0.39 is 0 Å². The molecule has 2 aromatic heterocycles. The molecule has 0 unspecified atom stereocenters. The van der Waals surface area contributed by atoms with Gasteiger partial charge in [0.1, 0.15) is 11.6 Å². The van der Waals surface area contributed by atoms with Gasteiger partial charge >= 0.3 is 0 Å². The van der Waals surface area contributed by atoms with E-state index in [1.165, 1.54) is 0 Å². The van der Waals surface area contributed by atoms with Crippen molar-refractivity contribution in [2.75, 3.05) is 12.4 Å². The van der Waals surface area contributed by atoms with E-state index in [1.807, 2.05) is 41.1 Å². The first-order valence-electron chi connectivity index (χ1n) is 8.94. The smallest absolute Gasteiger partial charge is 0.126 e. The molecule has 142 valence electrons. The fourth-order valence-electron chi connectivity index (χ4n) is 2.70. The molecule has 0 bridgehead atoms. The van der Waals surface area contributed by atoms with Gasteiger partial charge in [-0.25, -0.2) is 4.98 Å². The molecule has 0 aliphatic rings. The van der Waals surface area contributed by atoms with Gasteiger partial charge in [-0.2, -0.15) is 5.10 Å². The number of nitrogens with zero attached hydrogens (tertiary/aromatic N) is 3. The van der Waals surface area contributed by atoms with Gasteiger partial charge in [-0.3, -0.25) is 4.68 Å². The average molecular weight is 366 g/mol. The molecule has 0 saturated carbocycles. The number of anilines is 1. The zero-order valence-corrected chi connectivity index (χ0v) is 16.2. The van der Waals surface area contributed by atoms with Crippen LogP contribution in [0.25, 0.3) is 11.3 Å². The summed E-state index contributed by atoms with van der Waals surface area (Å²) in [7, 11) is 1.66. The van der Waals surface area contributed by atoms with Crippen LogP contribution >= 0.6 is 0 Å². The van der Waals surface area contributed by atoms with Gasteiger partial charge in [0.05, 0.1) is 24.9 Å². The van der Waals surface area contributed by atoms with Gasteiger partial charge in [-0.05, 0) is 44.5 Å². The maximum absolute atomic E-state index is 9.14. The highest BCUT2D eigenvalue weighted by atomic mass is 16.5. The molecule has 27 heavy (non-hydrogen) atoms. The molecule has 2 N–H and O–H groups in total. The van der Waals surface area contributed by atoms with Crippen LogP contribution in [-0.2, 0) is 18.7 Å². The van der Waals surface area contributed by atoms with Crippen LogP contribution in [-0.4, -0.2) is 27.0 Å². The molecule has 0 aliphatic carbocycles. The summed E-state index contributed by atoms with van der Waals surface area (Å²) in [6.45, 7) is 6.96. The van der Waals surface area contributed by atoms with Crippen molar-refractivity contribution < 1.29 is 9.84 Å². The highest BCUT2D eigenvalue weighted by Gasteiger charge is 2.19. The van der Waals surface area contributed by atoms with E-state index in [9.17, 15) is 0 Å². The number of aliphatic hydroxyl groups is 1. The molecule has 0 aliphatic heterocycles. The van der Waals surface area contributed by atoms with Crippen LogP contribution in [0.3, 0.4) is 0 Å². The third-order valence-electron chi connectivity index (χ3n) is 4.29. The van der Waals surface area contributed by atoms with Crippen molar-refractivity contribution in [2.45, 2.75) is 39.5 Å². The van der Waals surface area contributed by atoms with Gasteiger partial charge in [-0.15, -0.1) is 0 Å². The zero-order valence-electron chi connectivity index (χ0n) is 16.2. The van der Waals surface area contributed by atoms with Gasteiger partial charge in [0.2, 0.25) is 0 Å². The van der Waals surface area contributed by atoms with Crippen molar-refractivity contribution in [2.24, 2.45) is 0 Å². The SMILES string of the molecule is COc1cccc(-c2nn(C(C)(C)C)cc2CNc2ccc(CO)cn2)c1. The first kappa shape index (κ1) is 18.9. The van der Waals surface area contributed by atoms with Crippen LogP contribution in [0.15, 0.2) is 48.8 Å². The molecule has 0 radical (unpaired) electrons. The molecule has 3 aromatic rings. The number of aromatic nitrogens is 3. The number of pyridine rings is 1. The number of aliphatic hydroxyl groups excluding tert-OH is 1. The summed E-state index contributed by atoms with van der Waals surface area (Å²) in [5, 5.41) is 17.3. The monoisotopic (exact) mass is 366 g/mol. The Labute approximate surface area is 159 Å². The quantitative estimate of drug-likeness (QED) is 0.694. The standard InChI is InChI=1S/C21H26N4O2/c1-21(2,3)25-13-17(12-23-19-9-8-15(14-26)11-22-19)20(24-25)16-6-5-7-18(10-16)27-4/h5-11,13,26H,12,14H2,1-4H3,(H,22,23). The van der Waals surface area contributed by atoms with E-state index in [0.29, 0.717) is 6.54 Å². The van der Waals surface area contributed by atoms with Crippen molar-refractivity contribution >= 4 is 5.82 Å². The van der Waals surface area contributed by atoms with E-state index in [-0.39, 0.29) is 12.1 Å². The summed E-state index contributed by atoms with van der Waals surface area (Å²) < 4.78 is 7.35. The van der Waals surface area contributed by atoms with Gasteiger partial charge in [0, 0.05) is 30.1 Å². The molecule has 1 aromatic carbocycles. The number of ether oxygens (including phenoxy) is 1. The fourth-order valence-corrected chi connectivity index (χ4v) is 2.70. The Morgan fingerprint density at radius 3 is 2.63 bits per heavy atom. The topological polar surface area (TPSA) is 72.2 Å². The predicted molar refractivity (Wildman–Crippen MR) is 107 cm³/mol. The minimum Gasteiger partial charge on any atom is -0.497 e. The average Bonchev–Trinajstić information content (AvgIpc) is 3.11. The molecule has 2 heterocycles. The second-order valence-electron chi connectivity index (χ2n) is 7.41. The van der Waals surface area contributed by atoms with Crippen molar-refractivity contribution in [3.05, 3.63) is 59.9 Å². The fraction of sp³-hybridized carbons (Fsp3) is 0.333. The zero-order chi connectivity index (χ0) is 19.4. The van der Waals surface area contributed by atoms with Gasteiger partial charge < -0.3 is 15.2 Å². The van der Waals surface area contributed by atoms with E-state index in [2.05, 4.69) is 37.3 Å². The number of rotatable bonds is 6. The predicted octanol–water partition coefficient (Wildman–Crippen LogP) is 3.81. The number of hydrogen-bond donors (Lipinski definition) is 2. The minimum atomic E-state index is -0.118. The summed E-state index contributed by atoms with van der Waals surface area (Å²) >= 11 is 0. The van der Waals surface area contributed by atoms with E-state index in [1.54, 1.807) is 13.3 Å². The normalized spacial score (nSPS) is 11.4. The van der Waals surface area contributed by atoms with Crippen LogP contribution in [0, 0.1) is 0 Å². The second kappa shape index (κ2) is 7.80. The van der Waals surface area contributed by atoms with Gasteiger partial charge in [-0.1, -0.05) is 18.2 Å². The Balaban J connectivity index is 1.91. The molecular weight excluding hydrogens is 340 g/mol. The lowest BCUT2D eigenvalue weighted by Crippen LogP contribution is -2.22. The number of benzene rings is 1. The molecule has 0 spiro atoms. The summed E-state index contributed by atoms with van der Waals surface area (Å²) in [6, 6.07) is 11.6. The second-order valence-corrected chi connectivity index (χ2v) is 7.41. The molecule has 0 fully saturated rings. The Bertz CT molecular complexity index is 895. The lowest BCUT2D eigenvalue weighted by molar-refractivity contribution is 0.281. The van der Waals surface area contributed by atoms with Crippen LogP contribution in [0.2, 0.25) is 0 Å². The van der Waals surface area contributed by atoms with Crippen molar-refractivity contribution in [3.8, 4) is 17.0 Å². The number of hydrogen-bond acceptors (Lipinski definition) is 5. The van der Waals surface area contributed by atoms with Crippen LogP contribution in [0.5, 0.6) is 5.75 Å². The van der Waals surface area contributed by atoms with Crippen molar-refractivity contribution in [1.29, 1.82) is 0 Å². The van der Waals surface area contributed by atoms with E-state index in [4.69, 9.17) is 14.9 Å². The Morgan fingerprint density at radius 2 is 2.00 bits per heavy atom. The largest absolute Gasteiger partial charge is 0.497 e. The highest BCUT2D eigenvalue weighted by Crippen LogP contribution is 2.28. The maximum atomic E-state index is 9.14. The van der Waals surface area contributed by atoms with Crippen LogP contribution in [0.1, 0.15) is 31.9 Å². The summed E-state index contributed by atoms with van der Waals surface area (Å²) in [5.74, 6) is 1.56. The van der Waals surface area contributed by atoms with Crippen molar-refractivity contribution in [3.63, 3.8) is 0 Å². The first-order valence-corrected chi connectivity index (χ1v) is 8.94. The Kier molecular flexibility index (Phi) is 5.46. The van der Waals surface area contributed by atoms with E-state index >= 15 is 0 Å². The molecule has 0 amide bonds. The van der Waals surface area contributed by atoms with Crippen LogP contribution < -0.4 is 10.1 Å². The van der Waals surface area contributed by atoms with Crippen molar-refractivity contribution in [1.82, 2.24) is 14.8 Å². The first-order chi connectivity index (χ1) is 12.9. The molecule has 6 heteroatoms. The number of methoxy groups -OCH3 is 1. The lowest BCUT2D eigenvalue weighted by Gasteiger charge is -2.18. The molecule has 0 atom stereocenters. The Hall–Kier alpha value is -2.86. The number of nitrogens with one attached hydrogen (secondary N) is 1. The molecule has 3 rings (SSSR count). The summed E-state index contributed by atoms with van der Waals surface area (Å²) in [5.41, 5.74) is 3.68. The molecular formula is C21H26N4O2. The third-order valence-corrected chi connectivity index (χ3v) is 4.29. The highest BCUT2D eigenvalue weighted by molar-refractivity contribution is 5.65. The molecule has 0 saturated heterocycles. The summed E-state index contributed by atoms with van der Waals surface area (Å²) in [6.07, 6.45) is 3.74. The van der Waals surface area contributed by atoms with Crippen LogP contribution in [0.4, 0.5) is 5.82 Å². The molecule has 6 nitrogen and oxygen atoms in total. The minimum absolute atomic E-state index is 0.00831. The summed E-state index contributed by atoms with van der Waals surface area (Å²) in [4.78, 5) is 4.33. The van der Waals surface area contributed by atoms with Gasteiger partial charge in [0.15, 0.2) is 0 Å². The Morgan fingerprint density at radius 1 is 1.19 bits per heavy atom.